The fraction of sp³-hybridized carbons (Fsp3) is 0.800. The van der Waals surface area contributed by atoms with Crippen LogP contribution in [0.15, 0.2) is 12.7 Å². The van der Waals surface area contributed by atoms with Crippen LogP contribution in [-0.2, 0) is 9.53 Å². The lowest BCUT2D eigenvalue weighted by atomic mass is 10.0. The van der Waals surface area contributed by atoms with Crippen molar-refractivity contribution in [1.82, 2.24) is 25.0 Å². The van der Waals surface area contributed by atoms with Gasteiger partial charge in [0.25, 0.3) is 0 Å². The second-order valence-electron chi connectivity index (χ2n) is 6.23. The van der Waals surface area contributed by atoms with E-state index in [0.29, 0.717) is 18.5 Å². The normalized spacial score (nSPS) is 19.1. The van der Waals surface area contributed by atoms with Crippen LogP contribution >= 0.6 is 0 Å². The molecular formula is C15H27N5O2. The molecule has 0 aliphatic carbocycles. The molecule has 1 saturated heterocycles. The van der Waals surface area contributed by atoms with Crippen LogP contribution in [0.5, 0.6) is 0 Å². The zero-order valence-electron chi connectivity index (χ0n) is 13.7. The van der Waals surface area contributed by atoms with Gasteiger partial charge in [-0.2, -0.15) is 5.10 Å². The Hall–Kier alpha value is -1.47. The molecular weight excluding hydrogens is 282 g/mol. The van der Waals surface area contributed by atoms with Crippen LogP contribution in [0.2, 0.25) is 0 Å². The summed E-state index contributed by atoms with van der Waals surface area (Å²) in [6.07, 6.45) is 4.08. The van der Waals surface area contributed by atoms with Crippen LogP contribution in [0.4, 0.5) is 0 Å². The monoisotopic (exact) mass is 309 g/mol. The van der Waals surface area contributed by atoms with Gasteiger partial charge in [0.2, 0.25) is 5.91 Å². The number of hydrogen-bond acceptors (Lipinski definition) is 5. The van der Waals surface area contributed by atoms with Crippen molar-refractivity contribution in [2.45, 2.75) is 39.3 Å². The number of carbonyl (C=O) groups excluding carboxylic acids is 1. The summed E-state index contributed by atoms with van der Waals surface area (Å²) in [6.45, 7) is 10.3. The van der Waals surface area contributed by atoms with Crippen molar-refractivity contribution in [2.24, 2.45) is 5.92 Å². The van der Waals surface area contributed by atoms with Gasteiger partial charge >= 0.3 is 0 Å². The molecule has 0 aromatic carbocycles. The van der Waals surface area contributed by atoms with Gasteiger partial charge in [0.15, 0.2) is 0 Å². The molecule has 0 unspecified atom stereocenters. The van der Waals surface area contributed by atoms with E-state index >= 15 is 0 Å². The molecule has 1 aliphatic heterocycles. The predicted molar refractivity (Wildman–Crippen MR) is 83.4 cm³/mol. The van der Waals surface area contributed by atoms with Gasteiger partial charge in [-0.25, -0.2) is 9.67 Å². The highest BCUT2D eigenvalue weighted by Gasteiger charge is 2.23. The van der Waals surface area contributed by atoms with Gasteiger partial charge in [0.05, 0.1) is 13.2 Å². The lowest BCUT2D eigenvalue weighted by Gasteiger charge is -2.35. The minimum Gasteiger partial charge on any atom is -0.379 e. The second kappa shape index (κ2) is 8.24. The molecule has 0 saturated carbocycles. The number of ether oxygens (including phenoxy) is 1. The zero-order chi connectivity index (χ0) is 15.9. The molecule has 1 aromatic heterocycles. The van der Waals surface area contributed by atoms with E-state index in [0.717, 1.165) is 32.7 Å². The second-order valence-corrected chi connectivity index (χ2v) is 6.23. The summed E-state index contributed by atoms with van der Waals surface area (Å²) in [4.78, 5) is 18.6. The highest BCUT2D eigenvalue weighted by atomic mass is 16.5. The smallest absolute Gasteiger partial charge is 0.244 e. The van der Waals surface area contributed by atoms with Crippen molar-refractivity contribution in [3.8, 4) is 0 Å². The standard InChI is InChI=1S/C15H27N5O2/c1-12(2)8-14(19-4-6-22-7-5-19)9-17-15(21)13(3)20-11-16-10-18-20/h10-14H,4-9H2,1-3H3,(H,17,21)/t13-,14-/m1/s1. The Morgan fingerprint density at radius 1 is 1.32 bits per heavy atom. The number of aromatic nitrogens is 3. The van der Waals surface area contributed by atoms with Gasteiger partial charge < -0.3 is 10.1 Å². The predicted octanol–water partition coefficient (Wildman–Crippen LogP) is 0.702. The molecule has 0 spiro atoms. The molecule has 124 valence electrons. The molecule has 2 heterocycles. The van der Waals surface area contributed by atoms with Crippen molar-refractivity contribution < 1.29 is 9.53 Å². The molecule has 0 bridgehead atoms. The maximum absolute atomic E-state index is 12.3. The molecule has 1 fully saturated rings. The molecule has 1 N–H and O–H groups in total. The first-order valence-electron chi connectivity index (χ1n) is 8.01. The molecule has 1 aliphatic rings. The summed E-state index contributed by atoms with van der Waals surface area (Å²) >= 11 is 0. The molecule has 7 nitrogen and oxygen atoms in total. The largest absolute Gasteiger partial charge is 0.379 e. The summed E-state index contributed by atoms with van der Waals surface area (Å²) in [6, 6.07) is 0.0164. The van der Waals surface area contributed by atoms with E-state index in [1.54, 1.807) is 11.0 Å². The van der Waals surface area contributed by atoms with E-state index < -0.39 is 0 Å². The van der Waals surface area contributed by atoms with Crippen molar-refractivity contribution in [3.63, 3.8) is 0 Å². The lowest BCUT2D eigenvalue weighted by molar-refractivity contribution is -0.124. The first-order chi connectivity index (χ1) is 10.6. The number of hydrogen-bond donors (Lipinski definition) is 1. The maximum atomic E-state index is 12.3. The van der Waals surface area contributed by atoms with E-state index in [4.69, 9.17) is 4.74 Å². The maximum Gasteiger partial charge on any atom is 0.244 e. The first kappa shape index (κ1) is 16.9. The van der Waals surface area contributed by atoms with Crippen LogP contribution < -0.4 is 5.32 Å². The van der Waals surface area contributed by atoms with Crippen LogP contribution in [-0.4, -0.2) is 64.5 Å². The summed E-state index contributed by atoms with van der Waals surface area (Å²) in [5.74, 6) is 0.574. The Bertz CT molecular complexity index is 443. The Morgan fingerprint density at radius 2 is 2.05 bits per heavy atom. The fourth-order valence-electron chi connectivity index (χ4n) is 2.75. The minimum absolute atomic E-state index is 0.0208. The minimum atomic E-state index is -0.341. The van der Waals surface area contributed by atoms with Gasteiger partial charge in [0.1, 0.15) is 18.7 Å². The van der Waals surface area contributed by atoms with Crippen molar-refractivity contribution >= 4 is 5.91 Å². The lowest BCUT2D eigenvalue weighted by Crippen LogP contribution is -2.50. The zero-order valence-corrected chi connectivity index (χ0v) is 13.7. The van der Waals surface area contributed by atoms with Crippen molar-refractivity contribution in [1.29, 1.82) is 0 Å². The molecule has 2 atom stereocenters. The average Bonchev–Trinajstić information content (AvgIpc) is 3.05. The van der Waals surface area contributed by atoms with E-state index in [1.807, 2.05) is 6.92 Å². The van der Waals surface area contributed by atoms with Gasteiger partial charge in [-0.3, -0.25) is 9.69 Å². The van der Waals surface area contributed by atoms with Crippen LogP contribution in [0.3, 0.4) is 0 Å². The van der Waals surface area contributed by atoms with Crippen molar-refractivity contribution in [2.75, 3.05) is 32.8 Å². The number of carbonyl (C=O) groups is 1. The van der Waals surface area contributed by atoms with Gasteiger partial charge in [-0.15, -0.1) is 0 Å². The summed E-state index contributed by atoms with van der Waals surface area (Å²) < 4.78 is 6.99. The highest BCUT2D eigenvalue weighted by molar-refractivity contribution is 5.79. The van der Waals surface area contributed by atoms with Crippen molar-refractivity contribution in [3.05, 3.63) is 12.7 Å². The molecule has 22 heavy (non-hydrogen) atoms. The number of nitrogens with one attached hydrogen (secondary N) is 1. The fourth-order valence-corrected chi connectivity index (χ4v) is 2.75. The number of rotatable bonds is 7. The van der Waals surface area contributed by atoms with E-state index in [-0.39, 0.29) is 11.9 Å². The average molecular weight is 309 g/mol. The molecule has 7 heteroatoms. The molecule has 1 amide bonds. The third-order valence-corrected chi connectivity index (χ3v) is 4.03. The number of nitrogens with zero attached hydrogens (tertiary/aromatic N) is 4. The molecule has 1 aromatic rings. The molecule has 2 rings (SSSR count). The Kier molecular flexibility index (Phi) is 6.33. The Morgan fingerprint density at radius 3 is 2.64 bits per heavy atom. The van der Waals surface area contributed by atoms with Gasteiger partial charge in [0, 0.05) is 25.7 Å². The topological polar surface area (TPSA) is 72.3 Å². The number of morpholine rings is 1. The van der Waals surface area contributed by atoms with Crippen LogP contribution in [0.1, 0.15) is 33.2 Å². The van der Waals surface area contributed by atoms with Crippen LogP contribution in [0.25, 0.3) is 0 Å². The Balaban J connectivity index is 1.88. The SMILES string of the molecule is CC(C)C[C@H](CNC(=O)[C@@H](C)n1cncn1)N1CCOCC1. The quantitative estimate of drug-likeness (QED) is 0.803. The number of amides is 1. The first-order valence-corrected chi connectivity index (χ1v) is 8.01. The van der Waals surface area contributed by atoms with Crippen LogP contribution in [0, 0.1) is 5.92 Å². The Labute approximate surface area is 132 Å². The van der Waals surface area contributed by atoms with E-state index in [2.05, 4.69) is 34.1 Å². The van der Waals surface area contributed by atoms with Gasteiger partial charge in [-0.05, 0) is 19.3 Å². The highest BCUT2D eigenvalue weighted by Crippen LogP contribution is 2.13. The summed E-state index contributed by atoms with van der Waals surface area (Å²) in [7, 11) is 0. The van der Waals surface area contributed by atoms with E-state index in [1.165, 1.54) is 6.33 Å². The summed E-state index contributed by atoms with van der Waals surface area (Å²) in [5.41, 5.74) is 0. The summed E-state index contributed by atoms with van der Waals surface area (Å²) in [5, 5.41) is 7.08. The third kappa shape index (κ3) is 4.78. The third-order valence-electron chi connectivity index (χ3n) is 4.03. The van der Waals surface area contributed by atoms with E-state index in [9.17, 15) is 4.79 Å². The van der Waals surface area contributed by atoms with Gasteiger partial charge in [-0.1, -0.05) is 13.8 Å². The molecule has 0 radical (unpaired) electrons.